The maximum absolute atomic E-state index is 12.5. The third-order valence-corrected chi connectivity index (χ3v) is 5.04. The number of carbonyl (C=O) groups is 2. The summed E-state index contributed by atoms with van der Waals surface area (Å²) in [5.74, 6) is -1.15. The van der Waals surface area contributed by atoms with Gasteiger partial charge in [0.1, 0.15) is 0 Å². The van der Waals surface area contributed by atoms with Crippen LogP contribution < -0.4 is 0 Å². The van der Waals surface area contributed by atoms with E-state index in [9.17, 15) is 14.7 Å². The molecule has 3 rings (SSSR count). The summed E-state index contributed by atoms with van der Waals surface area (Å²) in [4.78, 5) is 26.1. The monoisotopic (exact) mass is 305 g/mol. The Morgan fingerprint density at radius 2 is 2.14 bits per heavy atom. The van der Waals surface area contributed by atoms with Crippen molar-refractivity contribution in [3.8, 4) is 0 Å². The standard InChI is InChI=1S/C15H15NO4S/c1-20-15(14(18)19)6-7-16(9-15)13(17)12-8-10-4-2-3-5-11(10)21-12/h2-5,8H,6-7,9H2,1H3,(H,18,19). The summed E-state index contributed by atoms with van der Waals surface area (Å²) in [6.45, 7) is 0.485. The molecule has 2 heterocycles. The van der Waals surface area contributed by atoms with Gasteiger partial charge in [0.2, 0.25) is 0 Å². The number of carbonyl (C=O) groups excluding carboxylic acids is 1. The van der Waals surface area contributed by atoms with Crippen molar-refractivity contribution in [1.29, 1.82) is 0 Å². The summed E-state index contributed by atoms with van der Waals surface area (Å²) in [5.41, 5.74) is -1.27. The molecule has 1 aromatic carbocycles. The van der Waals surface area contributed by atoms with Crippen LogP contribution in [0.4, 0.5) is 0 Å². The van der Waals surface area contributed by atoms with E-state index in [4.69, 9.17) is 4.74 Å². The molecule has 1 fully saturated rings. The summed E-state index contributed by atoms with van der Waals surface area (Å²) in [5, 5.41) is 10.3. The summed E-state index contributed by atoms with van der Waals surface area (Å²) < 4.78 is 6.20. The van der Waals surface area contributed by atoms with Crippen molar-refractivity contribution in [1.82, 2.24) is 4.90 Å². The van der Waals surface area contributed by atoms with Crippen molar-refractivity contribution in [2.45, 2.75) is 12.0 Å². The van der Waals surface area contributed by atoms with Crippen LogP contribution in [0.5, 0.6) is 0 Å². The molecule has 1 N–H and O–H groups in total. The summed E-state index contributed by atoms with van der Waals surface area (Å²) in [7, 11) is 1.38. The molecule has 0 spiro atoms. The molecule has 6 heteroatoms. The van der Waals surface area contributed by atoms with Crippen LogP contribution in [0.2, 0.25) is 0 Å². The number of methoxy groups -OCH3 is 1. The number of carboxylic acid groups (broad SMARTS) is 1. The highest BCUT2D eigenvalue weighted by atomic mass is 32.1. The molecule has 0 bridgehead atoms. The topological polar surface area (TPSA) is 66.8 Å². The average Bonchev–Trinajstić information content (AvgIpc) is 3.11. The lowest BCUT2D eigenvalue weighted by molar-refractivity contribution is -0.160. The second kappa shape index (κ2) is 5.13. The molecule has 1 saturated heterocycles. The first kappa shape index (κ1) is 14.0. The number of fused-ring (bicyclic) bond motifs is 1. The fourth-order valence-corrected chi connectivity index (χ4v) is 3.66. The van der Waals surface area contributed by atoms with Crippen LogP contribution in [0.1, 0.15) is 16.1 Å². The Labute approximate surface area is 125 Å². The molecule has 1 aliphatic rings. The molecule has 0 radical (unpaired) electrons. The molecule has 110 valence electrons. The zero-order valence-electron chi connectivity index (χ0n) is 11.5. The van der Waals surface area contributed by atoms with E-state index in [-0.39, 0.29) is 12.5 Å². The number of hydrogen-bond acceptors (Lipinski definition) is 4. The summed E-state index contributed by atoms with van der Waals surface area (Å²) in [6.07, 6.45) is 0.315. The van der Waals surface area contributed by atoms with Crippen LogP contribution in [-0.4, -0.2) is 47.7 Å². The molecule has 21 heavy (non-hydrogen) atoms. The van der Waals surface area contributed by atoms with Gasteiger partial charge in [-0.2, -0.15) is 0 Å². The number of hydrogen-bond donors (Lipinski definition) is 1. The van der Waals surface area contributed by atoms with Crippen molar-refractivity contribution in [2.24, 2.45) is 0 Å². The Bertz CT molecular complexity index is 678. The van der Waals surface area contributed by atoms with Crippen LogP contribution in [0.25, 0.3) is 10.1 Å². The van der Waals surface area contributed by atoms with Gasteiger partial charge in [-0.3, -0.25) is 4.79 Å². The molecule has 1 aliphatic heterocycles. The molecular formula is C15H15NO4S. The molecular weight excluding hydrogens is 290 g/mol. The summed E-state index contributed by atoms with van der Waals surface area (Å²) >= 11 is 1.43. The van der Waals surface area contributed by atoms with Crippen molar-refractivity contribution in [3.05, 3.63) is 35.2 Å². The number of amides is 1. The number of nitrogens with zero attached hydrogens (tertiary/aromatic N) is 1. The lowest BCUT2D eigenvalue weighted by Gasteiger charge is -2.22. The number of rotatable bonds is 3. The molecule has 1 amide bonds. The SMILES string of the molecule is COC1(C(=O)O)CCN(C(=O)c2cc3ccccc3s2)C1. The number of likely N-dealkylation sites (tertiary alicyclic amines) is 1. The second-order valence-electron chi connectivity index (χ2n) is 5.13. The Morgan fingerprint density at radius 3 is 2.76 bits per heavy atom. The van der Waals surface area contributed by atoms with E-state index >= 15 is 0 Å². The van der Waals surface area contributed by atoms with Gasteiger partial charge in [0, 0.05) is 24.8 Å². The van der Waals surface area contributed by atoms with Crippen LogP contribution >= 0.6 is 11.3 Å². The van der Waals surface area contributed by atoms with Crippen LogP contribution in [0.3, 0.4) is 0 Å². The quantitative estimate of drug-likeness (QED) is 0.944. The molecule has 0 saturated carbocycles. The van der Waals surface area contributed by atoms with Crippen LogP contribution in [0, 0.1) is 0 Å². The van der Waals surface area contributed by atoms with Gasteiger partial charge in [0.25, 0.3) is 5.91 Å². The maximum atomic E-state index is 12.5. The van der Waals surface area contributed by atoms with Gasteiger partial charge in [-0.1, -0.05) is 18.2 Å². The van der Waals surface area contributed by atoms with Gasteiger partial charge < -0.3 is 14.7 Å². The fraction of sp³-hybridized carbons (Fsp3) is 0.333. The van der Waals surface area contributed by atoms with Crippen molar-refractivity contribution in [3.63, 3.8) is 0 Å². The molecule has 0 aliphatic carbocycles. The number of aliphatic carboxylic acids is 1. The number of ether oxygens (including phenoxy) is 1. The lowest BCUT2D eigenvalue weighted by Crippen LogP contribution is -2.44. The van der Waals surface area contributed by atoms with Gasteiger partial charge in [0.05, 0.1) is 11.4 Å². The third-order valence-electron chi connectivity index (χ3n) is 3.94. The van der Waals surface area contributed by atoms with Crippen LogP contribution in [-0.2, 0) is 9.53 Å². The highest BCUT2D eigenvalue weighted by Gasteiger charge is 2.47. The van der Waals surface area contributed by atoms with E-state index in [1.165, 1.54) is 18.4 Å². The zero-order valence-corrected chi connectivity index (χ0v) is 12.4. The van der Waals surface area contributed by atoms with Crippen molar-refractivity contribution < 1.29 is 19.4 Å². The average molecular weight is 305 g/mol. The fourth-order valence-electron chi connectivity index (χ4n) is 2.63. The van der Waals surface area contributed by atoms with Gasteiger partial charge in [-0.05, 0) is 17.5 Å². The highest BCUT2D eigenvalue weighted by molar-refractivity contribution is 7.20. The first-order valence-electron chi connectivity index (χ1n) is 6.62. The molecule has 1 unspecified atom stereocenters. The van der Waals surface area contributed by atoms with Gasteiger partial charge in [-0.15, -0.1) is 11.3 Å². The van der Waals surface area contributed by atoms with Gasteiger partial charge in [0.15, 0.2) is 5.60 Å². The van der Waals surface area contributed by atoms with E-state index in [0.29, 0.717) is 17.8 Å². The van der Waals surface area contributed by atoms with Crippen molar-refractivity contribution >= 4 is 33.3 Å². The first-order valence-corrected chi connectivity index (χ1v) is 7.44. The third kappa shape index (κ3) is 2.30. The minimum Gasteiger partial charge on any atom is -0.479 e. The van der Waals surface area contributed by atoms with Crippen LogP contribution in [0.15, 0.2) is 30.3 Å². The van der Waals surface area contributed by atoms with E-state index in [0.717, 1.165) is 10.1 Å². The molecule has 5 nitrogen and oxygen atoms in total. The highest BCUT2D eigenvalue weighted by Crippen LogP contribution is 2.30. The normalized spacial score (nSPS) is 21.9. The van der Waals surface area contributed by atoms with E-state index < -0.39 is 11.6 Å². The smallest absolute Gasteiger partial charge is 0.337 e. The number of carboxylic acids is 1. The second-order valence-corrected chi connectivity index (χ2v) is 6.21. The first-order chi connectivity index (χ1) is 10.1. The van der Waals surface area contributed by atoms with Gasteiger partial charge >= 0.3 is 5.97 Å². The maximum Gasteiger partial charge on any atom is 0.337 e. The Morgan fingerprint density at radius 1 is 1.38 bits per heavy atom. The number of thiophene rings is 1. The zero-order chi connectivity index (χ0) is 15.0. The lowest BCUT2D eigenvalue weighted by atomic mass is 10.0. The minimum absolute atomic E-state index is 0.0892. The van der Waals surface area contributed by atoms with E-state index in [2.05, 4.69) is 0 Å². The number of benzene rings is 1. The summed E-state index contributed by atoms with van der Waals surface area (Å²) in [6, 6.07) is 9.65. The predicted octanol–water partition coefficient (Wildman–Crippen LogP) is 2.22. The minimum atomic E-state index is -1.27. The van der Waals surface area contributed by atoms with Crippen molar-refractivity contribution in [2.75, 3.05) is 20.2 Å². The van der Waals surface area contributed by atoms with E-state index in [1.807, 2.05) is 30.3 Å². The molecule has 2 aromatic rings. The van der Waals surface area contributed by atoms with Gasteiger partial charge in [-0.25, -0.2) is 4.79 Å². The molecule has 1 aromatic heterocycles. The molecule has 1 atom stereocenters. The Kier molecular flexibility index (Phi) is 3.43. The largest absolute Gasteiger partial charge is 0.479 e. The van der Waals surface area contributed by atoms with E-state index in [1.54, 1.807) is 4.90 Å². The Balaban J connectivity index is 1.85. The Hall–Kier alpha value is -1.92. The predicted molar refractivity (Wildman–Crippen MR) is 79.7 cm³/mol.